The molecule has 1 amide bonds. The van der Waals surface area contributed by atoms with Crippen LogP contribution in [-0.4, -0.2) is 22.7 Å². The largest absolute Gasteiger partial charge is 0.504 e. The summed E-state index contributed by atoms with van der Waals surface area (Å²) in [5.41, 5.74) is 0.759. The van der Waals surface area contributed by atoms with Gasteiger partial charge in [0.25, 0.3) is 5.91 Å². The fraction of sp³-hybridized carbons (Fsp3) is 0.133. The van der Waals surface area contributed by atoms with Crippen molar-refractivity contribution in [3.05, 3.63) is 59.4 Å². The van der Waals surface area contributed by atoms with Gasteiger partial charge in [0.2, 0.25) is 0 Å². The van der Waals surface area contributed by atoms with Gasteiger partial charge in [-0.3, -0.25) is 4.79 Å². The summed E-state index contributed by atoms with van der Waals surface area (Å²) >= 11 is 0. The first kappa shape index (κ1) is 13.9. The molecule has 0 spiro atoms. The SMILES string of the molecule is O=C(NCCc1ccccc1F)c1ccc(O)c(O)c1. The van der Waals surface area contributed by atoms with E-state index in [4.69, 9.17) is 5.11 Å². The number of phenolic OH excluding ortho intramolecular Hbond substituents is 2. The van der Waals surface area contributed by atoms with Crippen LogP contribution in [0.5, 0.6) is 11.5 Å². The lowest BCUT2D eigenvalue weighted by Crippen LogP contribution is -2.25. The zero-order valence-electron chi connectivity index (χ0n) is 10.6. The molecule has 4 nitrogen and oxygen atoms in total. The Morgan fingerprint density at radius 2 is 1.85 bits per heavy atom. The molecule has 0 unspecified atom stereocenters. The van der Waals surface area contributed by atoms with Crippen LogP contribution in [0, 0.1) is 5.82 Å². The first-order valence-electron chi connectivity index (χ1n) is 6.11. The quantitative estimate of drug-likeness (QED) is 0.749. The van der Waals surface area contributed by atoms with Crippen LogP contribution in [0.1, 0.15) is 15.9 Å². The Labute approximate surface area is 115 Å². The molecule has 3 N–H and O–H groups in total. The van der Waals surface area contributed by atoms with Gasteiger partial charge in [0.1, 0.15) is 5.82 Å². The van der Waals surface area contributed by atoms with Crippen LogP contribution in [0.15, 0.2) is 42.5 Å². The van der Waals surface area contributed by atoms with E-state index in [9.17, 15) is 14.3 Å². The van der Waals surface area contributed by atoms with Gasteiger partial charge >= 0.3 is 0 Å². The number of aromatic hydroxyl groups is 2. The molecule has 2 rings (SSSR count). The number of amides is 1. The number of carbonyl (C=O) groups is 1. The smallest absolute Gasteiger partial charge is 0.251 e. The zero-order valence-corrected chi connectivity index (χ0v) is 10.6. The molecule has 0 bridgehead atoms. The van der Waals surface area contributed by atoms with E-state index < -0.39 is 5.91 Å². The van der Waals surface area contributed by atoms with Crippen LogP contribution in [0.4, 0.5) is 4.39 Å². The third kappa shape index (κ3) is 3.26. The van der Waals surface area contributed by atoms with Crippen LogP contribution >= 0.6 is 0 Å². The van der Waals surface area contributed by atoms with E-state index in [1.807, 2.05) is 0 Å². The van der Waals surface area contributed by atoms with Crippen molar-refractivity contribution in [1.29, 1.82) is 0 Å². The van der Waals surface area contributed by atoms with Gasteiger partial charge in [-0.15, -0.1) is 0 Å². The molecule has 0 fully saturated rings. The normalized spacial score (nSPS) is 10.2. The van der Waals surface area contributed by atoms with Crippen LogP contribution in [0.3, 0.4) is 0 Å². The fourth-order valence-corrected chi connectivity index (χ4v) is 1.78. The second kappa shape index (κ2) is 6.06. The first-order valence-corrected chi connectivity index (χ1v) is 6.11. The molecule has 2 aromatic carbocycles. The highest BCUT2D eigenvalue weighted by atomic mass is 19.1. The monoisotopic (exact) mass is 275 g/mol. The molecule has 104 valence electrons. The number of rotatable bonds is 4. The lowest BCUT2D eigenvalue weighted by atomic mass is 10.1. The highest BCUT2D eigenvalue weighted by Gasteiger charge is 2.08. The Bertz CT molecular complexity index is 628. The Hall–Kier alpha value is -2.56. The molecule has 0 aromatic heterocycles. The third-order valence-electron chi connectivity index (χ3n) is 2.88. The van der Waals surface area contributed by atoms with Gasteiger partial charge in [0.05, 0.1) is 0 Å². The minimum atomic E-state index is -0.392. The number of nitrogens with one attached hydrogen (secondary N) is 1. The summed E-state index contributed by atoms with van der Waals surface area (Å²) in [6, 6.07) is 10.2. The molecule has 2 aromatic rings. The topological polar surface area (TPSA) is 69.6 Å². The third-order valence-corrected chi connectivity index (χ3v) is 2.88. The number of benzene rings is 2. The first-order chi connectivity index (χ1) is 9.58. The molecular formula is C15H14FNO3. The number of phenols is 2. The number of hydrogen-bond acceptors (Lipinski definition) is 3. The average Bonchev–Trinajstić information content (AvgIpc) is 2.44. The van der Waals surface area contributed by atoms with Crippen molar-refractivity contribution in [2.75, 3.05) is 6.54 Å². The Morgan fingerprint density at radius 3 is 2.55 bits per heavy atom. The standard InChI is InChI=1S/C15H14FNO3/c16-12-4-2-1-3-10(12)7-8-17-15(20)11-5-6-13(18)14(19)9-11/h1-6,9,18-19H,7-8H2,(H,17,20). The summed E-state index contributed by atoms with van der Waals surface area (Å²) in [5.74, 6) is -1.33. The highest BCUT2D eigenvalue weighted by molar-refractivity contribution is 5.94. The van der Waals surface area contributed by atoms with E-state index in [1.54, 1.807) is 18.2 Å². The molecule has 5 heteroatoms. The number of carbonyl (C=O) groups excluding carboxylic acids is 1. The Kier molecular flexibility index (Phi) is 4.20. The maximum absolute atomic E-state index is 13.4. The summed E-state index contributed by atoms with van der Waals surface area (Å²) in [4.78, 5) is 11.8. The highest BCUT2D eigenvalue weighted by Crippen LogP contribution is 2.24. The second-order valence-electron chi connectivity index (χ2n) is 4.30. The van der Waals surface area contributed by atoms with Gasteiger partial charge in [-0.05, 0) is 36.2 Å². The number of halogens is 1. The lowest BCUT2D eigenvalue weighted by molar-refractivity contribution is 0.0953. The van der Waals surface area contributed by atoms with E-state index >= 15 is 0 Å². The van der Waals surface area contributed by atoms with Crippen molar-refractivity contribution in [3.63, 3.8) is 0 Å². The van der Waals surface area contributed by atoms with Crippen LogP contribution in [0.25, 0.3) is 0 Å². The van der Waals surface area contributed by atoms with E-state index in [0.717, 1.165) is 0 Å². The molecule has 0 aliphatic rings. The summed E-state index contributed by atoms with van der Waals surface area (Å²) < 4.78 is 13.4. The van der Waals surface area contributed by atoms with Crippen molar-refractivity contribution in [2.45, 2.75) is 6.42 Å². The summed E-state index contributed by atoms with van der Waals surface area (Å²) in [5, 5.41) is 21.1. The zero-order chi connectivity index (χ0) is 14.5. The summed E-state index contributed by atoms with van der Waals surface area (Å²) in [6.45, 7) is 0.279. The van der Waals surface area contributed by atoms with Gasteiger partial charge in [-0.1, -0.05) is 18.2 Å². The minimum Gasteiger partial charge on any atom is -0.504 e. The van der Waals surface area contributed by atoms with Crippen LogP contribution in [0.2, 0.25) is 0 Å². The van der Waals surface area contributed by atoms with Crippen LogP contribution < -0.4 is 5.32 Å². The molecule has 0 aliphatic carbocycles. The van der Waals surface area contributed by atoms with Crippen molar-refractivity contribution in [1.82, 2.24) is 5.32 Å². The molecule has 0 saturated carbocycles. The average molecular weight is 275 g/mol. The predicted octanol–water partition coefficient (Wildman–Crippen LogP) is 2.21. The molecule has 20 heavy (non-hydrogen) atoms. The van der Waals surface area contributed by atoms with Crippen molar-refractivity contribution in [3.8, 4) is 11.5 Å². The van der Waals surface area contributed by atoms with Crippen LogP contribution in [-0.2, 0) is 6.42 Å². The van der Waals surface area contributed by atoms with E-state index in [0.29, 0.717) is 12.0 Å². The van der Waals surface area contributed by atoms with Crippen molar-refractivity contribution in [2.24, 2.45) is 0 Å². The minimum absolute atomic E-state index is 0.230. The van der Waals surface area contributed by atoms with Gasteiger partial charge in [-0.25, -0.2) is 4.39 Å². The second-order valence-corrected chi connectivity index (χ2v) is 4.30. The van der Waals surface area contributed by atoms with Crippen molar-refractivity contribution < 1.29 is 19.4 Å². The Balaban J connectivity index is 1.92. The molecule has 0 heterocycles. The van der Waals surface area contributed by atoms with Gasteiger partial charge in [-0.2, -0.15) is 0 Å². The van der Waals surface area contributed by atoms with Gasteiger partial charge in [0, 0.05) is 12.1 Å². The predicted molar refractivity (Wildman–Crippen MR) is 72.2 cm³/mol. The lowest BCUT2D eigenvalue weighted by Gasteiger charge is -2.07. The summed E-state index contributed by atoms with van der Waals surface area (Å²) in [7, 11) is 0. The van der Waals surface area contributed by atoms with Gasteiger partial charge < -0.3 is 15.5 Å². The van der Waals surface area contributed by atoms with E-state index in [-0.39, 0.29) is 29.4 Å². The maximum Gasteiger partial charge on any atom is 0.251 e. The molecule has 0 atom stereocenters. The van der Waals surface area contributed by atoms with Gasteiger partial charge in [0.15, 0.2) is 11.5 Å². The van der Waals surface area contributed by atoms with E-state index in [2.05, 4.69) is 5.32 Å². The molecular weight excluding hydrogens is 261 g/mol. The molecule has 0 radical (unpaired) electrons. The summed E-state index contributed by atoms with van der Waals surface area (Å²) in [6.07, 6.45) is 0.377. The van der Waals surface area contributed by atoms with E-state index in [1.165, 1.54) is 24.3 Å². The fourth-order valence-electron chi connectivity index (χ4n) is 1.78. The molecule has 0 saturated heterocycles. The number of hydrogen-bond donors (Lipinski definition) is 3. The maximum atomic E-state index is 13.4. The van der Waals surface area contributed by atoms with Crippen molar-refractivity contribution >= 4 is 5.91 Å². The molecule has 0 aliphatic heterocycles. The Morgan fingerprint density at radius 1 is 1.10 bits per heavy atom.